The summed E-state index contributed by atoms with van der Waals surface area (Å²) >= 11 is 0. The number of para-hydroxylation sites is 2. The zero-order chi connectivity index (χ0) is 41.3. The second kappa shape index (κ2) is 13.6. The van der Waals surface area contributed by atoms with E-state index in [1.807, 2.05) is 38.1 Å². The standard InChI is InChI=1S/2C25H28N2O2S/c2*1-17-7-11-19(12-8-17)30(28,29)26-13-14-27-22-6-4-3-5-20(22)23-21(18-9-10-18)15-25(2,16-26)24(23)27/h2*3-8,11-12,15,18,23-24H,9-10,13-14,16H2,1-2H3/t2*23-,24-,25+/m10/s1. The van der Waals surface area contributed by atoms with Crippen LogP contribution in [0.5, 0.6) is 0 Å². The summed E-state index contributed by atoms with van der Waals surface area (Å²) in [5.74, 6) is 2.21. The lowest BCUT2D eigenvalue weighted by Crippen LogP contribution is -2.45. The van der Waals surface area contributed by atoms with Crippen LogP contribution in [0.1, 0.15) is 73.6 Å². The van der Waals surface area contributed by atoms with Crippen LogP contribution in [0.15, 0.2) is 130 Å². The third-order valence-electron chi connectivity index (χ3n) is 15.2. The summed E-state index contributed by atoms with van der Waals surface area (Å²) in [6, 6.07) is 32.7. The van der Waals surface area contributed by atoms with E-state index in [0.717, 1.165) is 24.2 Å². The monoisotopic (exact) mass is 840 g/mol. The first-order valence-electron chi connectivity index (χ1n) is 22.1. The Bertz CT molecular complexity index is 2480. The highest BCUT2D eigenvalue weighted by Crippen LogP contribution is 2.63. The molecule has 0 N–H and O–H groups in total. The van der Waals surface area contributed by atoms with Crippen LogP contribution in [0.3, 0.4) is 0 Å². The predicted molar refractivity (Wildman–Crippen MR) is 238 cm³/mol. The maximum atomic E-state index is 13.5. The van der Waals surface area contributed by atoms with Crippen LogP contribution >= 0.6 is 0 Å². The van der Waals surface area contributed by atoms with Gasteiger partial charge in [-0.3, -0.25) is 0 Å². The molecule has 4 fully saturated rings. The van der Waals surface area contributed by atoms with Gasteiger partial charge in [-0.15, -0.1) is 0 Å². The fourth-order valence-electron chi connectivity index (χ4n) is 12.2. The second-order valence-corrected chi connectivity index (χ2v) is 23.4. The molecule has 2 saturated carbocycles. The van der Waals surface area contributed by atoms with Crippen molar-refractivity contribution in [2.24, 2.45) is 22.7 Å². The maximum absolute atomic E-state index is 13.5. The minimum atomic E-state index is -3.52. The molecule has 312 valence electrons. The van der Waals surface area contributed by atoms with Crippen LogP contribution in [-0.4, -0.2) is 76.8 Å². The second-order valence-electron chi connectivity index (χ2n) is 19.5. The molecule has 4 aromatic rings. The highest BCUT2D eigenvalue weighted by molar-refractivity contribution is 7.89. The molecule has 2 saturated heterocycles. The first-order chi connectivity index (χ1) is 28.8. The Kier molecular flexibility index (Phi) is 8.79. The van der Waals surface area contributed by atoms with Crippen LogP contribution < -0.4 is 9.80 Å². The Morgan fingerprint density at radius 3 is 1.23 bits per heavy atom. The van der Waals surface area contributed by atoms with Crippen LogP contribution in [0.4, 0.5) is 11.4 Å². The van der Waals surface area contributed by atoms with Crippen LogP contribution in [0.25, 0.3) is 0 Å². The molecule has 8 nitrogen and oxygen atoms in total. The number of hydrogen-bond acceptors (Lipinski definition) is 6. The van der Waals surface area contributed by atoms with Crippen LogP contribution in [0, 0.1) is 36.5 Å². The van der Waals surface area contributed by atoms with Crippen molar-refractivity contribution >= 4 is 31.4 Å². The van der Waals surface area contributed by atoms with Crippen molar-refractivity contribution < 1.29 is 16.8 Å². The van der Waals surface area contributed by atoms with Crippen molar-refractivity contribution in [3.63, 3.8) is 0 Å². The highest BCUT2D eigenvalue weighted by atomic mass is 32.2. The Balaban J connectivity index is 0.000000136. The molecule has 12 rings (SSSR count). The number of nitrogens with zero attached hydrogens (tertiary/aromatic N) is 4. The van der Waals surface area contributed by atoms with Gasteiger partial charge in [0.05, 0.1) is 9.79 Å². The molecule has 60 heavy (non-hydrogen) atoms. The van der Waals surface area contributed by atoms with E-state index >= 15 is 0 Å². The van der Waals surface area contributed by atoms with E-state index in [2.05, 4.69) is 84.3 Å². The van der Waals surface area contributed by atoms with Gasteiger partial charge in [-0.2, -0.15) is 8.61 Å². The van der Waals surface area contributed by atoms with Gasteiger partial charge in [0.15, 0.2) is 0 Å². The fourth-order valence-corrected chi connectivity index (χ4v) is 15.3. The van der Waals surface area contributed by atoms with E-state index in [-0.39, 0.29) is 10.8 Å². The zero-order valence-electron chi connectivity index (χ0n) is 35.2. The molecular weight excluding hydrogens is 785 g/mol. The maximum Gasteiger partial charge on any atom is 0.243 e. The molecule has 4 aliphatic heterocycles. The molecule has 4 heterocycles. The average Bonchev–Trinajstić information content (AvgIpc) is 4.17. The summed E-state index contributed by atoms with van der Waals surface area (Å²) in [7, 11) is -7.04. The van der Waals surface area contributed by atoms with E-state index in [0.29, 0.717) is 71.7 Å². The molecule has 0 aromatic heterocycles. The summed E-state index contributed by atoms with van der Waals surface area (Å²) in [6.07, 6.45) is 10.0. The van der Waals surface area contributed by atoms with E-state index in [9.17, 15) is 16.8 Å². The average molecular weight is 841 g/mol. The van der Waals surface area contributed by atoms with Gasteiger partial charge in [-0.1, -0.05) is 109 Å². The predicted octanol–water partition coefficient (Wildman–Crippen LogP) is 8.66. The smallest absolute Gasteiger partial charge is 0.243 e. The minimum absolute atomic E-state index is 0.185. The molecular formula is C50H56N4O4S2. The molecule has 0 radical (unpaired) electrons. The molecule has 10 heteroatoms. The number of anilines is 2. The van der Waals surface area contributed by atoms with Crippen molar-refractivity contribution in [2.75, 3.05) is 49.1 Å². The summed E-state index contributed by atoms with van der Waals surface area (Å²) in [5.41, 5.74) is 10.4. The SMILES string of the molecule is Cc1ccc(S(=O)(=O)N2CCN3c4ccccc4[C@@H]4C(C5CC5)=C[C@@](C)(C2)[C@@H]43)cc1.Cc1ccc(S(=O)(=O)N2CCN3c4ccccc4[C@H]4C(C5CC5)=C[C@](C)(C2)[C@H]43)cc1. The van der Waals surface area contributed by atoms with Gasteiger partial charge in [0.1, 0.15) is 0 Å². The summed E-state index contributed by atoms with van der Waals surface area (Å²) in [6.45, 7) is 12.2. The lowest BCUT2D eigenvalue weighted by molar-refractivity contribution is 0.287. The number of fused-ring (bicyclic) bond motifs is 6. The van der Waals surface area contributed by atoms with E-state index < -0.39 is 20.0 Å². The van der Waals surface area contributed by atoms with Crippen molar-refractivity contribution in [3.8, 4) is 0 Å². The molecule has 0 spiro atoms. The molecule has 0 unspecified atom stereocenters. The Morgan fingerprint density at radius 2 is 0.867 bits per heavy atom. The summed E-state index contributed by atoms with van der Waals surface area (Å²) in [4.78, 5) is 5.83. The number of benzene rings is 4. The minimum Gasteiger partial charge on any atom is -0.365 e. The van der Waals surface area contributed by atoms with Crippen molar-refractivity contribution in [1.29, 1.82) is 0 Å². The van der Waals surface area contributed by atoms with E-state index in [1.54, 1.807) is 44.0 Å². The highest BCUT2D eigenvalue weighted by Gasteiger charge is 2.59. The fraction of sp³-hybridized carbons (Fsp3) is 0.440. The van der Waals surface area contributed by atoms with Crippen LogP contribution in [0.2, 0.25) is 0 Å². The first kappa shape index (κ1) is 38.7. The van der Waals surface area contributed by atoms with Crippen molar-refractivity contribution in [3.05, 3.63) is 143 Å². The normalized spacial score (nSPS) is 30.6. The van der Waals surface area contributed by atoms with Gasteiger partial charge in [0.2, 0.25) is 20.0 Å². The van der Waals surface area contributed by atoms with Gasteiger partial charge in [-0.05, 0) is 98.9 Å². The van der Waals surface area contributed by atoms with Gasteiger partial charge >= 0.3 is 0 Å². The Labute approximate surface area is 356 Å². The quantitative estimate of drug-likeness (QED) is 0.181. The molecule has 6 atom stereocenters. The molecule has 0 amide bonds. The number of sulfonamides is 2. The number of rotatable bonds is 6. The van der Waals surface area contributed by atoms with Gasteiger partial charge in [0, 0.05) is 85.4 Å². The summed E-state index contributed by atoms with van der Waals surface area (Å²) in [5, 5.41) is 0. The molecule has 4 aliphatic carbocycles. The topological polar surface area (TPSA) is 81.2 Å². The summed E-state index contributed by atoms with van der Waals surface area (Å²) < 4.78 is 57.7. The van der Waals surface area contributed by atoms with E-state index in [4.69, 9.17) is 0 Å². The molecule has 0 bridgehead atoms. The lowest BCUT2D eigenvalue weighted by Gasteiger charge is -2.36. The van der Waals surface area contributed by atoms with Crippen LogP contribution in [-0.2, 0) is 20.0 Å². The third-order valence-corrected chi connectivity index (χ3v) is 18.9. The van der Waals surface area contributed by atoms with E-state index in [1.165, 1.54) is 48.2 Å². The Hall–Kier alpha value is -4.22. The largest absolute Gasteiger partial charge is 0.365 e. The van der Waals surface area contributed by atoms with Gasteiger partial charge < -0.3 is 9.80 Å². The van der Waals surface area contributed by atoms with Gasteiger partial charge in [-0.25, -0.2) is 16.8 Å². The van der Waals surface area contributed by atoms with Crippen molar-refractivity contribution in [1.82, 2.24) is 8.61 Å². The number of hydrogen-bond donors (Lipinski definition) is 0. The Morgan fingerprint density at radius 1 is 0.500 bits per heavy atom. The lowest BCUT2D eigenvalue weighted by atomic mass is 9.81. The first-order valence-corrected chi connectivity index (χ1v) is 24.9. The molecule has 4 aromatic carbocycles. The molecule has 8 aliphatic rings. The third kappa shape index (κ3) is 6.02. The van der Waals surface area contributed by atoms with Gasteiger partial charge in [0.25, 0.3) is 0 Å². The number of aryl methyl sites for hydroxylation is 2. The zero-order valence-corrected chi connectivity index (χ0v) is 36.8. The van der Waals surface area contributed by atoms with Crippen molar-refractivity contribution in [2.45, 2.75) is 87.1 Å².